The summed E-state index contributed by atoms with van der Waals surface area (Å²) >= 11 is 5.16. The number of carbonyl (C=O) groups excluding carboxylic acids is 1. The molecule has 0 amide bonds. The maximum absolute atomic E-state index is 11.6. The van der Waals surface area contributed by atoms with Gasteiger partial charge in [-0.3, -0.25) is 0 Å². The summed E-state index contributed by atoms with van der Waals surface area (Å²) in [4.78, 5) is 12.6. The Bertz CT molecular complexity index is 570. The molecule has 0 bridgehead atoms. The predicted molar refractivity (Wildman–Crippen MR) is 81.5 cm³/mol. The Morgan fingerprint density at radius 1 is 1.16 bits per heavy atom. The Morgan fingerprint density at radius 3 is 2.58 bits per heavy atom. The smallest absolute Gasteiger partial charge is 0.339 e. The molecule has 0 aromatic heterocycles. The van der Waals surface area contributed by atoms with Crippen molar-refractivity contribution in [2.24, 2.45) is 0 Å². The molecule has 0 heterocycles. The Labute approximate surface area is 125 Å². The number of carbonyl (C=O) groups is 1. The summed E-state index contributed by atoms with van der Waals surface area (Å²) in [5.74, 6) is 0.540. The first kappa shape index (κ1) is 14.2. The van der Waals surface area contributed by atoms with Crippen molar-refractivity contribution >= 4 is 33.7 Å². The molecule has 0 unspecified atom stereocenters. The second kappa shape index (κ2) is 6.78. The predicted octanol–water partition coefficient (Wildman–Crippen LogP) is 4.53. The second-order valence-electron chi connectivity index (χ2n) is 3.88. The highest BCUT2D eigenvalue weighted by atomic mass is 79.9. The summed E-state index contributed by atoms with van der Waals surface area (Å²) in [5.41, 5.74) is 1.81. The third-order valence-corrected chi connectivity index (χ3v) is 4.85. The van der Waals surface area contributed by atoms with Crippen LogP contribution in [0, 0.1) is 0 Å². The highest BCUT2D eigenvalue weighted by molar-refractivity contribution is 9.10. The maximum Gasteiger partial charge on any atom is 0.339 e. The standard InChI is InChI=1S/C15H13BrO2S/c1-18-15(17)12-8-5-9-13(14(12)16)19-10-11-6-3-2-4-7-11/h2-9H,10H2,1H3. The van der Waals surface area contributed by atoms with Crippen LogP contribution in [0.15, 0.2) is 57.9 Å². The van der Waals surface area contributed by atoms with Crippen molar-refractivity contribution in [3.05, 3.63) is 64.1 Å². The first-order valence-electron chi connectivity index (χ1n) is 5.76. The molecule has 0 saturated carbocycles. The van der Waals surface area contributed by atoms with Crippen LogP contribution >= 0.6 is 27.7 Å². The number of hydrogen-bond donors (Lipinski definition) is 0. The lowest BCUT2D eigenvalue weighted by Gasteiger charge is -2.08. The minimum absolute atomic E-state index is 0.325. The fourth-order valence-corrected chi connectivity index (χ4v) is 3.32. The minimum Gasteiger partial charge on any atom is -0.465 e. The lowest BCUT2D eigenvalue weighted by atomic mass is 10.2. The lowest BCUT2D eigenvalue weighted by molar-refractivity contribution is 0.0599. The van der Waals surface area contributed by atoms with Crippen molar-refractivity contribution in [3.63, 3.8) is 0 Å². The van der Waals surface area contributed by atoms with E-state index < -0.39 is 0 Å². The quantitative estimate of drug-likeness (QED) is 0.606. The van der Waals surface area contributed by atoms with E-state index in [2.05, 4.69) is 28.1 Å². The molecule has 2 rings (SSSR count). The van der Waals surface area contributed by atoms with Gasteiger partial charge in [-0.1, -0.05) is 36.4 Å². The van der Waals surface area contributed by atoms with E-state index in [4.69, 9.17) is 4.74 Å². The van der Waals surface area contributed by atoms with Crippen LogP contribution in [-0.2, 0) is 10.5 Å². The third kappa shape index (κ3) is 3.61. The highest BCUT2D eigenvalue weighted by Gasteiger charge is 2.13. The summed E-state index contributed by atoms with van der Waals surface area (Å²) < 4.78 is 5.55. The van der Waals surface area contributed by atoms with Crippen LogP contribution in [0.25, 0.3) is 0 Å². The van der Waals surface area contributed by atoms with Gasteiger partial charge in [0.1, 0.15) is 0 Å². The summed E-state index contributed by atoms with van der Waals surface area (Å²) in [6, 6.07) is 15.8. The maximum atomic E-state index is 11.6. The van der Waals surface area contributed by atoms with E-state index in [9.17, 15) is 4.79 Å². The number of rotatable bonds is 4. The zero-order valence-corrected chi connectivity index (χ0v) is 12.8. The van der Waals surface area contributed by atoms with Gasteiger partial charge in [-0.15, -0.1) is 11.8 Å². The van der Waals surface area contributed by atoms with Crippen molar-refractivity contribution in [1.29, 1.82) is 0 Å². The van der Waals surface area contributed by atoms with Gasteiger partial charge in [-0.2, -0.15) is 0 Å². The van der Waals surface area contributed by atoms with E-state index in [1.165, 1.54) is 12.7 Å². The average molecular weight is 337 g/mol. The van der Waals surface area contributed by atoms with Crippen molar-refractivity contribution in [2.75, 3.05) is 7.11 Å². The average Bonchev–Trinajstić information content (AvgIpc) is 2.46. The Morgan fingerprint density at radius 2 is 1.89 bits per heavy atom. The molecule has 0 radical (unpaired) electrons. The number of hydrogen-bond acceptors (Lipinski definition) is 3. The van der Waals surface area contributed by atoms with Crippen LogP contribution in [0.2, 0.25) is 0 Å². The van der Waals surface area contributed by atoms with Crippen molar-refractivity contribution < 1.29 is 9.53 Å². The molecule has 19 heavy (non-hydrogen) atoms. The molecule has 0 N–H and O–H groups in total. The summed E-state index contributed by atoms with van der Waals surface area (Å²) in [6.45, 7) is 0. The van der Waals surface area contributed by atoms with Gasteiger partial charge in [-0.25, -0.2) is 4.79 Å². The van der Waals surface area contributed by atoms with Crippen LogP contribution in [0.3, 0.4) is 0 Å². The van der Waals surface area contributed by atoms with E-state index in [1.807, 2.05) is 30.3 Å². The highest BCUT2D eigenvalue weighted by Crippen LogP contribution is 2.32. The SMILES string of the molecule is COC(=O)c1cccc(SCc2ccccc2)c1Br. The minimum atomic E-state index is -0.325. The summed E-state index contributed by atoms with van der Waals surface area (Å²) in [7, 11) is 1.39. The lowest BCUT2D eigenvalue weighted by Crippen LogP contribution is -2.02. The van der Waals surface area contributed by atoms with E-state index in [0.29, 0.717) is 5.56 Å². The molecule has 0 atom stereocenters. The number of methoxy groups -OCH3 is 1. The normalized spacial score (nSPS) is 10.2. The largest absolute Gasteiger partial charge is 0.465 e. The Kier molecular flexibility index (Phi) is 5.05. The van der Waals surface area contributed by atoms with Gasteiger partial charge in [0.15, 0.2) is 0 Å². The zero-order chi connectivity index (χ0) is 13.7. The van der Waals surface area contributed by atoms with Crippen LogP contribution in [0.5, 0.6) is 0 Å². The topological polar surface area (TPSA) is 26.3 Å². The Hall–Kier alpha value is -1.26. The number of thioether (sulfide) groups is 1. The molecule has 4 heteroatoms. The monoisotopic (exact) mass is 336 g/mol. The van der Waals surface area contributed by atoms with Crippen LogP contribution in [0.4, 0.5) is 0 Å². The van der Waals surface area contributed by atoms with E-state index in [1.54, 1.807) is 17.8 Å². The number of ether oxygens (including phenoxy) is 1. The summed E-state index contributed by atoms with van der Waals surface area (Å²) in [5, 5.41) is 0. The van der Waals surface area contributed by atoms with Gasteiger partial charge >= 0.3 is 5.97 Å². The fourth-order valence-electron chi connectivity index (χ4n) is 1.63. The van der Waals surface area contributed by atoms with Gasteiger partial charge in [0.2, 0.25) is 0 Å². The van der Waals surface area contributed by atoms with Crippen molar-refractivity contribution in [2.45, 2.75) is 10.6 Å². The van der Waals surface area contributed by atoms with Gasteiger partial charge in [0.25, 0.3) is 0 Å². The molecule has 2 aromatic rings. The fraction of sp³-hybridized carbons (Fsp3) is 0.133. The van der Waals surface area contributed by atoms with Gasteiger partial charge in [0, 0.05) is 15.1 Å². The number of benzene rings is 2. The van der Waals surface area contributed by atoms with Crippen molar-refractivity contribution in [3.8, 4) is 0 Å². The molecule has 0 fully saturated rings. The molecule has 98 valence electrons. The molecule has 0 saturated heterocycles. The molecular weight excluding hydrogens is 324 g/mol. The molecule has 0 aliphatic heterocycles. The van der Waals surface area contributed by atoms with E-state index in [0.717, 1.165) is 15.1 Å². The van der Waals surface area contributed by atoms with Crippen molar-refractivity contribution in [1.82, 2.24) is 0 Å². The van der Waals surface area contributed by atoms with Crippen LogP contribution in [-0.4, -0.2) is 13.1 Å². The molecule has 0 aliphatic carbocycles. The first-order chi connectivity index (χ1) is 9.22. The van der Waals surface area contributed by atoms with Gasteiger partial charge < -0.3 is 4.74 Å². The van der Waals surface area contributed by atoms with Crippen LogP contribution in [0.1, 0.15) is 15.9 Å². The molecule has 0 aliphatic rings. The zero-order valence-electron chi connectivity index (χ0n) is 10.4. The molecular formula is C15H13BrO2S. The van der Waals surface area contributed by atoms with Gasteiger partial charge in [0.05, 0.1) is 12.7 Å². The third-order valence-electron chi connectivity index (χ3n) is 2.61. The second-order valence-corrected chi connectivity index (χ2v) is 5.69. The number of halogens is 1. The van der Waals surface area contributed by atoms with E-state index >= 15 is 0 Å². The molecule has 2 aromatic carbocycles. The van der Waals surface area contributed by atoms with E-state index in [-0.39, 0.29) is 5.97 Å². The molecule has 0 spiro atoms. The van der Waals surface area contributed by atoms with Crippen LogP contribution < -0.4 is 0 Å². The van der Waals surface area contributed by atoms with Gasteiger partial charge in [-0.05, 0) is 33.6 Å². The number of esters is 1. The Balaban J connectivity index is 2.15. The first-order valence-corrected chi connectivity index (χ1v) is 7.54. The summed E-state index contributed by atoms with van der Waals surface area (Å²) in [6.07, 6.45) is 0. The molecule has 2 nitrogen and oxygen atoms in total.